The maximum Gasteiger partial charge on any atom is 0.169 e. The Kier molecular flexibility index (Phi) is 2.81. The van der Waals surface area contributed by atoms with E-state index in [1.807, 2.05) is 30.3 Å². The van der Waals surface area contributed by atoms with Crippen LogP contribution >= 0.6 is 0 Å². The molecule has 2 bridgehead atoms. The quantitative estimate of drug-likeness (QED) is 0.810. The van der Waals surface area contributed by atoms with Gasteiger partial charge in [0.2, 0.25) is 0 Å². The number of hydrogen-bond acceptors (Lipinski definition) is 2. The molecule has 0 aromatic heterocycles. The number of fused-ring (bicyclic) bond motifs is 4. The number of carbonyl (C=O) groups excluding carboxylic acids is 1. The van der Waals surface area contributed by atoms with Gasteiger partial charge in [-0.05, 0) is 55.9 Å². The van der Waals surface area contributed by atoms with Crippen molar-refractivity contribution in [3.8, 4) is 5.75 Å². The SMILES string of the molecule is O=C(c1cccc2c(O)cccc12)C12CCC(CC1)CC2. The predicted molar refractivity (Wildman–Crippen MR) is 83.6 cm³/mol. The van der Waals surface area contributed by atoms with Gasteiger partial charge in [-0.25, -0.2) is 0 Å². The summed E-state index contributed by atoms with van der Waals surface area (Å²) in [5, 5.41) is 11.7. The second kappa shape index (κ2) is 4.59. The molecule has 108 valence electrons. The zero-order valence-corrected chi connectivity index (χ0v) is 12.1. The normalized spacial score (nSPS) is 27.9. The zero-order valence-electron chi connectivity index (χ0n) is 12.1. The van der Waals surface area contributed by atoms with Crippen molar-refractivity contribution in [2.75, 3.05) is 0 Å². The summed E-state index contributed by atoms with van der Waals surface area (Å²) in [6, 6.07) is 11.2. The van der Waals surface area contributed by atoms with Gasteiger partial charge in [0.05, 0.1) is 0 Å². The number of phenolic OH excluding ortho intramolecular Hbond substituents is 1. The molecular weight excluding hydrogens is 260 g/mol. The number of ketones is 1. The van der Waals surface area contributed by atoms with Crippen molar-refractivity contribution < 1.29 is 9.90 Å². The Morgan fingerprint density at radius 3 is 2.29 bits per heavy atom. The van der Waals surface area contributed by atoms with Crippen molar-refractivity contribution in [3.63, 3.8) is 0 Å². The lowest BCUT2D eigenvalue weighted by Gasteiger charge is -2.45. The molecule has 2 nitrogen and oxygen atoms in total. The van der Waals surface area contributed by atoms with Gasteiger partial charge in [0, 0.05) is 16.4 Å². The van der Waals surface area contributed by atoms with Crippen molar-refractivity contribution in [3.05, 3.63) is 42.0 Å². The van der Waals surface area contributed by atoms with Crippen LogP contribution in [0.1, 0.15) is 48.9 Å². The van der Waals surface area contributed by atoms with Crippen LogP contribution in [0.25, 0.3) is 10.8 Å². The maximum atomic E-state index is 13.2. The molecule has 3 aliphatic rings. The van der Waals surface area contributed by atoms with Gasteiger partial charge in [0.1, 0.15) is 5.75 Å². The molecule has 3 fully saturated rings. The first-order valence-electron chi connectivity index (χ1n) is 7.95. The lowest BCUT2D eigenvalue weighted by atomic mass is 9.58. The van der Waals surface area contributed by atoms with Crippen molar-refractivity contribution in [1.29, 1.82) is 0 Å². The van der Waals surface area contributed by atoms with Gasteiger partial charge in [0.25, 0.3) is 0 Å². The third-order valence-electron chi connectivity index (χ3n) is 5.72. The summed E-state index contributed by atoms with van der Waals surface area (Å²) >= 11 is 0. The van der Waals surface area contributed by atoms with Crippen LogP contribution in [0.2, 0.25) is 0 Å². The van der Waals surface area contributed by atoms with E-state index in [2.05, 4.69) is 0 Å². The Hall–Kier alpha value is -1.83. The molecule has 0 spiro atoms. The largest absolute Gasteiger partial charge is 0.507 e. The van der Waals surface area contributed by atoms with Gasteiger partial charge in [0.15, 0.2) is 5.78 Å². The zero-order chi connectivity index (χ0) is 14.4. The van der Waals surface area contributed by atoms with E-state index >= 15 is 0 Å². The summed E-state index contributed by atoms with van der Waals surface area (Å²) in [6.45, 7) is 0. The Labute approximate surface area is 124 Å². The Bertz CT molecular complexity index is 695. The third-order valence-corrected chi connectivity index (χ3v) is 5.72. The number of phenols is 1. The maximum absolute atomic E-state index is 13.2. The molecule has 5 rings (SSSR count). The van der Waals surface area contributed by atoms with Gasteiger partial charge < -0.3 is 5.11 Å². The van der Waals surface area contributed by atoms with Crippen LogP contribution in [0, 0.1) is 11.3 Å². The van der Waals surface area contributed by atoms with Gasteiger partial charge in [-0.1, -0.05) is 30.3 Å². The van der Waals surface area contributed by atoms with Crippen molar-refractivity contribution >= 4 is 16.6 Å². The second-order valence-corrected chi connectivity index (χ2v) is 6.77. The molecule has 0 aliphatic heterocycles. The standard InChI is InChI=1S/C19H20O2/c20-17-6-2-3-14-15(17)4-1-5-16(14)18(21)19-10-7-13(8-11-19)9-12-19/h1-6,13,20H,7-12H2. The van der Waals surface area contributed by atoms with Crippen LogP contribution in [0.4, 0.5) is 0 Å². The highest BCUT2D eigenvalue weighted by molar-refractivity contribution is 6.11. The van der Waals surface area contributed by atoms with Crippen LogP contribution < -0.4 is 0 Å². The van der Waals surface area contributed by atoms with Gasteiger partial charge in [-0.3, -0.25) is 4.79 Å². The average molecular weight is 280 g/mol. The lowest BCUT2D eigenvalue weighted by Crippen LogP contribution is -2.40. The third kappa shape index (κ3) is 1.89. The molecule has 0 radical (unpaired) electrons. The topological polar surface area (TPSA) is 37.3 Å². The minimum absolute atomic E-state index is 0.130. The molecule has 2 heteroatoms. The fourth-order valence-electron chi connectivity index (χ4n) is 4.37. The molecule has 0 amide bonds. The van der Waals surface area contributed by atoms with E-state index in [1.165, 1.54) is 19.3 Å². The molecule has 0 unspecified atom stereocenters. The Morgan fingerprint density at radius 1 is 0.952 bits per heavy atom. The summed E-state index contributed by atoms with van der Waals surface area (Å²) in [7, 11) is 0. The summed E-state index contributed by atoms with van der Waals surface area (Å²) < 4.78 is 0. The summed E-state index contributed by atoms with van der Waals surface area (Å²) in [5.41, 5.74) is 0.665. The monoisotopic (exact) mass is 280 g/mol. The molecular formula is C19H20O2. The number of benzene rings is 2. The summed E-state index contributed by atoms with van der Waals surface area (Å²) in [5.74, 6) is 1.42. The first kappa shape index (κ1) is 12.9. The molecule has 3 saturated carbocycles. The minimum atomic E-state index is -0.130. The van der Waals surface area contributed by atoms with Gasteiger partial charge in [-0.15, -0.1) is 0 Å². The fourth-order valence-corrected chi connectivity index (χ4v) is 4.37. The Balaban J connectivity index is 1.83. The predicted octanol–water partition coefficient (Wildman–Crippen LogP) is 4.70. The second-order valence-electron chi connectivity index (χ2n) is 6.77. The smallest absolute Gasteiger partial charge is 0.169 e. The van der Waals surface area contributed by atoms with Crippen LogP contribution in [-0.2, 0) is 0 Å². The Morgan fingerprint density at radius 2 is 1.57 bits per heavy atom. The van der Waals surface area contributed by atoms with E-state index in [0.717, 1.165) is 41.5 Å². The number of Topliss-reactive ketones (excluding diaryl/α,β-unsaturated/α-hetero) is 1. The molecule has 0 heterocycles. The first-order chi connectivity index (χ1) is 10.2. The lowest BCUT2D eigenvalue weighted by molar-refractivity contribution is 0.0444. The van der Waals surface area contributed by atoms with E-state index in [-0.39, 0.29) is 11.2 Å². The molecule has 2 aromatic carbocycles. The highest BCUT2D eigenvalue weighted by Crippen LogP contribution is 2.52. The molecule has 3 aliphatic carbocycles. The van der Waals surface area contributed by atoms with E-state index < -0.39 is 0 Å². The molecule has 21 heavy (non-hydrogen) atoms. The van der Waals surface area contributed by atoms with Crippen LogP contribution in [0.3, 0.4) is 0 Å². The minimum Gasteiger partial charge on any atom is -0.507 e. The van der Waals surface area contributed by atoms with Gasteiger partial charge in [-0.2, -0.15) is 0 Å². The number of rotatable bonds is 2. The first-order valence-corrected chi connectivity index (χ1v) is 7.95. The van der Waals surface area contributed by atoms with Crippen molar-refractivity contribution in [2.24, 2.45) is 11.3 Å². The van der Waals surface area contributed by atoms with Crippen LogP contribution in [0.5, 0.6) is 5.75 Å². The van der Waals surface area contributed by atoms with E-state index in [4.69, 9.17) is 0 Å². The fraction of sp³-hybridized carbons (Fsp3) is 0.421. The van der Waals surface area contributed by atoms with Crippen molar-refractivity contribution in [1.82, 2.24) is 0 Å². The average Bonchev–Trinajstić information content (AvgIpc) is 2.56. The van der Waals surface area contributed by atoms with Crippen LogP contribution in [0.15, 0.2) is 36.4 Å². The number of aromatic hydroxyl groups is 1. The highest BCUT2D eigenvalue weighted by atomic mass is 16.3. The summed E-state index contributed by atoms with van der Waals surface area (Å²) in [4.78, 5) is 13.2. The van der Waals surface area contributed by atoms with Gasteiger partial charge >= 0.3 is 0 Å². The highest BCUT2D eigenvalue weighted by Gasteiger charge is 2.46. The number of carbonyl (C=O) groups is 1. The molecule has 0 atom stereocenters. The van der Waals surface area contributed by atoms with Crippen LogP contribution in [-0.4, -0.2) is 10.9 Å². The van der Waals surface area contributed by atoms with E-state index in [9.17, 15) is 9.90 Å². The molecule has 1 N–H and O–H groups in total. The summed E-state index contributed by atoms with van der Waals surface area (Å²) in [6.07, 6.45) is 6.77. The van der Waals surface area contributed by atoms with E-state index in [0.29, 0.717) is 5.78 Å². The van der Waals surface area contributed by atoms with Crippen molar-refractivity contribution in [2.45, 2.75) is 38.5 Å². The molecule has 2 aromatic rings. The van der Waals surface area contributed by atoms with E-state index in [1.54, 1.807) is 6.07 Å². The number of hydrogen-bond donors (Lipinski definition) is 1. The molecule has 0 saturated heterocycles.